The zero-order chi connectivity index (χ0) is 24.3. The number of fused-ring (bicyclic) bond motifs is 6. The lowest BCUT2D eigenvalue weighted by Gasteiger charge is -2.13. The third-order valence-electron chi connectivity index (χ3n) is 6.18. The Balaban J connectivity index is 2.12. The van der Waals surface area contributed by atoms with Gasteiger partial charge in [0.25, 0.3) is 11.4 Å². The number of benzene rings is 3. The third kappa shape index (κ3) is 2.67. The van der Waals surface area contributed by atoms with E-state index >= 15 is 0 Å². The smallest absolute Gasteiger partial charge is 0.226 e. The van der Waals surface area contributed by atoms with Crippen LogP contribution in [0.5, 0.6) is 0 Å². The Morgan fingerprint density at radius 2 is 1.03 bits per heavy atom. The van der Waals surface area contributed by atoms with E-state index in [0.717, 1.165) is 24.3 Å². The van der Waals surface area contributed by atoms with Gasteiger partial charge >= 0.3 is 0 Å². The van der Waals surface area contributed by atoms with E-state index in [1.54, 1.807) is 0 Å². The summed E-state index contributed by atoms with van der Waals surface area (Å²) in [4.78, 5) is 6.63. The predicted molar refractivity (Wildman–Crippen MR) is 113 cm³/mol. The van der Waals surface area contributed by atoms with Gasteiger partial charge in [-0.05, 0) is 81.6 Å². The summed E-state index contributed by atoms with van der Waals surface area (Å²) in [7, 11) is 0. The molecule has 0 unspecified atom stereocenters. The fourth-order valence-electron chi connectivity index (χ4n) is 4.91. The molecule has 0 spiro atoms. The Morgan fingerprint density at radius 3 is 1.35 bits per heavy atom. The molecule has 8 heteroatoms. The molecular weight excluding hydrogens is 444 g/mol. The molecule has 2 aliphatic carbocycles. The Labute approximate surface area is 190 Å². The molecular formula is C26H8F4N4. The van der Waals surface area contributed by atoms with E-state index in [-0.39, 0.29) is 56.9 Å². The highest BCUT2D eigenvalue weighted by Crippen LogP contribution is 2.41. The molecule has 2 aliphatic rings. The Morgan fingerprint density at radius 1 is 0.676 bits per heavy atom. The van der Waals surface area contributed by atoms with Crippen LogP contribution in [0.2, 0.25) is 0 Å². The summed E-state index contributed by atoms with van der Waals surface area (Å²) in [6, 6.07) is 7.57. The van der Waals surface area contributed by atoms with E-state index in [4.69, 9.17) is 13.1 Å². The van der Waals surface area contributed by atoms with Gasteiger partial charge < -0.3 is 0 Å². The van der Waals surface area contributed by atoms with Crippen molar-refractivity contribution >= 4 is 11.4 Å². The van der Waals surface area contributed by atoms with Crippen molar-refractivity contribution in [3.8, 4) is 34.4 Å². The minimum Gasteiger partial charge on any atom is -0.226 e. The second kappa shape index (κ2) is 7.31. The molecule has 0 saturated carbocycles. The van der Waals surface area contributed by atoms with Gasteiger partial charge in [0.05, 0.1) is 25.3 Å². The monoisotopic (exact) mass is 452 g/mol. The summed E-state index contributed by atoms with van der Waals surface area (Å²) in [5.74, 6) is -4.45. The first-order valence-corrected chi connectivity index (χ1v) is 9.82. The summed E-state index contributed by atoms with van der Waals surface area (Å²) >= 11 is 0. The van der Waals surface area contributed by atoms with Crippen LogP contribution >= 0.6 is 0 Å². The maximum absolute atomic E-state index is 14.2. The van der Waals surface area contributed by atoms with Gasteiger partial charge in [0.1, 0.15) is 0 Å². The predicted octanol–water partition coefficient (Wildman–Crippen LogP) is 4.49. The van der Waals surface area contributed by atoms with Crippen LogP contribution in [0.15, 0.2) is 24.3 Å². The zero-order valence-electron chi connectivity index (χ0n) is 17.0. The van der Waals surface area contributed by atoms with Crippen LogP contribution in [-0.4, -0.2) is 0 Å². The fourth-order valence-corrected chi connectivity index (χ4v) is 4.91. The van der Waals surface area contributed by atoms with E-state index < -0.39 is 23.3 Å². The molecule has 0 aliphatic heterocycles. The average molecular weight is 452 g/mol. The van der Waals surface area contributed by atoms with Gasteiger partial charge in [0, 0.05) is 10.4 Å². The molecule has 0 radical (unpaired) electrons. The normalized spacial score (nSPS) is 13.9. The van der Waals surface area contributed by atoms with Gasteiger partial charge in [-0.25, -0.2) is 37.8 Å². The second-order valence-electron chi connectivity index (χ2n) is 7.80. The second-order valence-corrected chi connectivity index (χ2v) is 7.80. The molecule has 0 fully saturated rings. The summed E-state index contributed by atoms with van der Waals surface area (Å²) in [5, 5.41) is 19.7. The van der Waals surface area contributed by atoms with Crippen molar-refractivity contribution in [2.24, 2.45) is 0 Å². The van der Waals surface area contributed by atoms with Gasteiger partial charge in [0.2, 0.25) is 0 Å². The van der Waals surface area contributed by atoms with Gasteiger partial charge in [0.15, 0.2) is 23.3 Å². The number of rotatable bonds is 0. The van der Waals surface area contributed by atoms with E-state index in [0.29, 0.717) is 22.3 Å². The highest BCUT2D eigenvalue weighted by atomic mass is 19.2. The first-order valence-electron chi connectivity index (χ1n) is 9.82. The molecule has 0 saturated heterocycles. The molecule has 0 N–H and O–H groups in total. The summed E-state index contributed by atoms with van der Waals surface area (Å²) < 4.78 is 56.5. The van der Waals surface area contributed by atoms with E-state index in [2.05, 4.69) is 9.69 Å². The van der Waals surface area contributed by atoms with Crippen LogP contribution in [-0.2, 0) is 12.8 Å². The number of hydrogen-bond donors (Lipinski definition) is 0. The molecule has 34 heavy (non-hydrogen) atoms. The number of nitriles is 2. The van der Waals surface area contributed by atoms with Gasteiger partial charge in [-0.15, -0.1) is 0 Å². The molecule has 4 nitrogen and oxygen atoms in total. The molecule has 3 aromatic rings. The van der Waals surface area contributed by atoms with Crippen molar-refractivity contribution in [1.29, 1.82) is 10.5 Å². The molecule has 0 heterocycles. The summed E-state index contributed by atoms with van der Waals surface area (Å²) in [6.45, 7) is 15.1. The highest BCUT2D eigenvalue weighted by molar-refractivity contribution is 5.92. The van der Waals surface area contributed by atoms with Crippen molar-refractivity contribution < 1.29 is 17.6 Å². The summed E-state index contributed by atoms with van der Waals surface area (Å²) in [5.41, 5.74) is 1.66. The van der Waals surface area contributed by atoms with Gasteiger partial charge in [-0.3, -0.25) is 0 Å². The van der Waals surface area contributed by atoms with E-state index in [9.17, 15) is 28.1 Å². The van der Waals surface area contributed by atoms with Crippen LogP contribution in [0.25, 0.3) is 43.3 Å². The molecule has 3 aromatic carbocycles. The van der Waals surface area contributed by atoms with E-state index in [1.165, 1.54) is 0 Å². The first-order chi connectivity index (χ1) is 16.3. The van der Waals surface area contributed by atoms with Crippen LogP contribution in [0.4, 0.5) is 17.6 Å². The first kappa shape index (κ1) is 21.0. The Kier molecular flexibility index (Phi) is 4.50. The average Bonchev–Trinajstić information content (AvgIpc) is 3.35. The molecule has 160 valence electrons. The minimum absolute atomic E-state index is 0.00605. The zero-order valence-corrected chi connectivity index (χ0v) is 17.0. The van der Waals surface area contributed by atoms with Gasteiger partial charge in [-0.2, -0.15) is 0 Å². The van der Waals surface area contributed by atoms with Crippen molar-refractivity contribution in [2.75, 3.05) is 0 Å². The SMILES string of the molecule is [C-]#[N+]/C(C#N)=c1/c2c(/c(=C(\C#N)[N+]#[C-])c3c1-c1cc(F)c(F)cc1C3)-c1cc(F)c(F)cc1C2. The van der Waals surface area contributed by atoms with Crippen molar-refractivity contribution in [1.82, 2.24) is 0 Å². The number of hydrogen-bond acceptors (Lipinski definition) is 2. The third-order valence-corrected chi connectivity index (χ3v) is 6.18. The topological polar surface area (TPSA) is 56.3 Å². The quantitative estimate of drug-likeness (QED) is 0.257. The highest BCUT2D eigenvalue weighted by Gasteiger charge is 2.33. The fraction of sp³-hybridized carbons (Fsp3) is 0.0769. The summed E-state index contributed by atoms with van der Waals surface area (Å²) in [6.07, 6.45) is -0.0121. The molecule has 0 amide bonds. The lowest BCUT2D eigenvalue weighted by molar-refractivity contribution is 0.508. The van der Waals surface area contributed by atoms with Crippen LogP contribution in [0, 0.1) is 59.1 Å². The Bertz CT molecular complexity index is 1630. The van der Waals surface area contributed by atoms with Crippen molar-refractivity contribution in [3.05, 3.63) is 103 Å². The number of halogens is 4. The van der Waals surface area contributed by atoms with Gasteiger partial charge in [-0.1, -0.05) is 0 Å². The maximum atomic E-state index is 14.2. The van der Waals surface area contributed by atoms with Crippen LogP contribution in [0.3, 0.4) is 0 Å². The van der Waals surface area contributed by atoms with E-state index in [1.807, 2.05) is 12.1 Å². The number of nitrogens with zero attached hydrogens (tertiary/aromatic N) is 4. The molecule has 0 aromatic heterocycles. The lowest BCUT2D eigenvalue weighted by Crippen LogP contribution is -2.25. The van der Waals surface area contributed by atoms with Crippen molar-refractivity contribution in [2.45, 2.75) is 12.8 Å². The van der Waals surface area contributed by atoms with Crippen molar-refractivity contribution in [3.63, 3.8) is 0 Å². The lowest BCUT2D eigenvalue weighted by atomic mass is 9.90. The van der Waals surface area contributed by atoms with Crippen LogP contribution < -0.4 is 10.4 Å². The Hall–Kier alpha value is -4.92. The maximum Gasteiger partial charge on any atom is 0.269 e. The molecule has 0 atom stereocenters. The van der Waals surface area contributed by atoms with Crippen LogP contribution in [0.1, 0.15) is 22.3 Å². The molecule has 5 rings (SSSR count). The standard InChI is InChI=1S/C26H8F4N4/c1-33-21(9-31)25-15-3-11-5-17(27)20(30)8-14(11)24(15)26(22(10-32)34-2)16-4-12-6-18(28)19(29)7-13(12)23(16)25/h5-8H,3-4H2/b25-21-,26-22+. The largest absolute Gasteiger partial charge is 0.269 e. The minimum atomic E-state index is -1.14. The molecule has 0 bridgehead atoms.